The number of nitrogens with one attached hydrogen (secondary N) is 1. The standard InChI is InChI=1S/C29H36Cl2FNO2/c1-28(2,3)35-27(34)26-24(18-9-8-10-19(30)15-18)25(21-12-11-20(31)16-22(21)32)23(33-26)17-29(4)13-6-5-7-14-29/h8-12,15-16,23-26,33H,5-7,13-14,17H2,1-4H3. The van der Waals surface area contributed by atoms with Crippen molar-refractivity contribution in [1.29, 1.82) is 0 Å². The Balaban J connectivity index is 1.82. The minimum absolute atomic E-state index is 0.102. The maximum atomic E-state index is 15.5. The van der Waals surface area contributed by atoms with E-state index in [4.69, 9.17) is 27.9 Å². The lowest BCUT2D eigenvalue weighted by Crippen LogP contribution is -2.43. The molecular formula is C29H36Cl2FNO2. The van der Waals surface area contributed by atoms with Crippen molar-refractivity contribution in [2.45, 2.75) is 95.7 Å². The van der Waals surface area contributed by atoms with Gasteiger partial charge in [-0.2, -0.15) is 0 Å². The first kappa shape index (κ1) is 26.4. The third-order valence-electron chi connectivity index (χ3n) is 7.56. The normalized spacial score (nSPS) is 26.5. The van der Waals surface area contributed by atoms with Gasteiger partial charge >= 0.3 is 5.97 Å². The van der Waals surface area contributed by atoms with Crippen LogP contribution in [0.4, 0.5) is 4.39 Å². The third kappa shape index (κ3) is 6.21. The highest BCUT2D eigenvalue weighted by Crippen LogP contribution is 2.50. The van der Waals surface area contributed by atoms with Crippen molar-refractivity contribution in [3.05, 3.63) is 69.5 Å². The highest BCUT2D eigenvalue weighted by atomic mass is 35.5. The van der Waals surface area contributed by atoms with Gasteiger partial charge in [-0.25, -0.2) is 4.39 Å². The molecule has 1 saturated heterocycles. The molecule has 0 amide bonds. The quantitative estimate of drug-likeness (QED) is 0.406. The number of esters is 1. The van der Waals surface area contributed by atoms with E-state index >= 15 is 4.39 Å². The van der Waals surface area contributed by atoms with Gasteiger partial charge in [0.05, 0.1) is 0 Å². The minimum Gasteiger partial charge on any atom is -0.459 e. The number of rotatable bonds is 5. The molecule has 4 atom stereocenters. The van der Waals surface area contributed by atoms with Crippen LogP contribution in [0.15, 0.2) is 42.5 Å². The Bertz CT molecular complexity index is 1060. The van der Waals surface area contributed by atoms with E-state index in [2.05, 4.69) is 12.2 Å². The van der Waals surface area contributed by atoms with E-state index in [1.807, 2.05) is 45.0 Å². The summed E-state index contributed by atoms with van der Waals surface area (Å²) in [5.41, 5.74) is 0.976. The molecule has 1 heterocycles. The molecule has 2 aromatic carbocycles. The van der Waals surface area contributed by atoms with Gasteiger partial charge in [-0.3, -0.25) is 4.79 Å². The van der Waals surface area contributed by atoms with E-state index in [0.717, 1.165) is 24.8 Å². The van der Waals surface area contributed by atoms with Crippen LogP contribution in [-0.4, -0.2) is 23.7 Å². The summed E-state index contributed by atoms with van der Waals surface area (Å²) in [6, 6.07) is 11.7. The predicted molar refractivity (Wildman–Crippen MR) is 141 cm³/mol. The summed E-state index contributed by atoms with van der Waals surface area (Å²) >= 11 is 12.5. The predicted octanol–water partition coefficient (Wildman–Crippen LogP) is 8.04. The van der Waals surface area contributed by atoms with Gasteiger partial charge in [0.15, 0.2) is 0 Å². The number of hydrogen-bond acceptors (Lipinski definition) is 3. The smallest absolute Gasteiger partial charge is 0.324 e. The van der Waals surface area contributed by atoms with E-state index in [9.17, 15) is 4.79 Å². The van der Waals surface area contributed by atoms with Crippen molar-refractivity contribution in [2.24, 2.45) is 5.41 Å². The monoisotopic (exact) mass is 519 g/mol. The Kier molecular flexibility index (Phi) is 7.85. The SMILES string of the molecule is CC1(CC2NC(C(=O)OC(C)(C)C)C(c3cccc(Cl)c3)C2c2ccc(Cl)cc2F)CCCCC1. The first-order valence-electron chi connectivity index (χ1n) is 12.7. The number of benzene rings is 2. The van der Waals surface area contributed by atoms with E-state index in [-0.39, 0.29) is 35.1 Å². The summed E-state index contributed by atoms with van der Waals surface area (Å²) < 4.78 is 21.3. The van der Waals surface area contributed by atoms with Crippen LogP contribution in [0.1, 0.15) is 89.2 Å². The molecule has 0 bridgehead atoms. The zero-order valence-corrected chi connectivity index (χ0v) is 22.6. The maximum absolute atomic E-state index is 15.5. The first-order valence-corrected chi connectivity index (χ1v) is 13.4. The van der Waals surface area contributed by atoms with Gasteiger partial charge < -0.3 is 10.1 Å². The molecule has 35 heavy (non-hydrogen) atoms. The molecule has 0 spiro atoms. The van der Waals surface area contributed by atoms with Crippen LogP contribution in [0, 0.1) is 11.2 Å². The second-order valence-corrected chi connectivity index (χ2v) is 12.5. The van der Waals surface area contributed by atoms with E-state index < -0.39 is 11.6 Å². The van der Waals surface area contributed by atoms with Crippen LogP contribution in [0.5, 0.6) is 0 Å². The fourth-order valence-electron chi connectivity index (χ4n) is 6.10. The number of halogens is 3. The Hall–Kier alpha value is -1.62. The number of carbonyl (C=O) groups is 1. The molecule has 2 aromatic rings. The highest BCUT2D eigenvalue weighted by Gasteiger charge is 2.51. The summed E-state index contributed by atoms with van der Waals surface area (Å²) in [5, 5.41) is 4.57. The molecule has 190 valence electrons. The van der Waals surface area contributed by atoms with Gasteiger partial charge in [-0.15, -0.1) is 0 Å². The van der Waals surface area contributed by atoms with Gasteiger partial charge in [-0.1, -0.05) is 67.6 Å². The number of carbonyl (C=O) groups excluding carboxylic acids is 1. The summed E-state index contributed by atoms with van der Waals surface area (Å²) in [7, 11) is 0. The highest BCUT2D eigenvalue weighted by molar-refractivity contribution is 6.30. The lowest BCUT2D eigenvalue weighted by molar-refractivity contribution is -0.157. The van der Waals surface area contributed by atoms with Crippen molar-refractivity contribution >= 4 is 29.2 Å². The molecule has 0 radical (unpaired) electrons. The van der Waals surface area contributed by atoms with Crippen molar-refractivity contribution < 1.29 is 13.9 Å². The van der Waals surface area contributed by atoms with Gasteiger partial charge in [0.25, 0.3) is 0 Å². The molecule has 1 aliphatic carbocycles. The molecule has 1 N–H and O–H groups in total. The van der Waals surface area contributed by atoms with E-state index in [1.54, 1.807) is 12.1 Å². The molecule has 4 unspecified atom stereocenters. The van der Waals surface area contributed by atoms with Crippen LogP contribution in [0.2, 0.25) is 10.0 Å². The molecule has 2 aliphatic rings. The summed E-state index contributed by atoms with van der Waals surface area (Å²) in [6.45, 7) is 7.93. The Morgan fingerprint density at radius 3 is 2.37 bits per heavy atom. The fourth-order valence-corrected chi connectivity index (χ4v) is 6.46. The molecule has 3 nitrogen and oxygen atoms in total. The van der Waals surface area contributed by atoms with Gasteiger partial charge in [0, 0.05) is 27.9 Å². The minimum atomic E-state index is -0.633. The molecule has 4 rings (SSSR count). The van der Waals surface area contributed by atoms with Crippen LogP contribution < -0.4 is 5.32 Å². The van der Waals surface area contributed by atoms with Crippen LogP contribution >= 0.6 is 23.2 Å². The van der Waals surface area contributed by atoms with Crippen molar-refractivity contribution in [3.63, 3.8) is 0 Å². The molecular weight excluding hydrogens is 484 g/mol. The second-order valence-electron chi connectivity index (χ2n) is 11.6. The van der Waals surface area contributed by atoms with E-state index in [0.29, 0.717) is 15.6 Å². The van der Waals surface area contributed by atoms with Crippen LogP contribution in [0.3, 0.4) is 0 Å². The topological polar surface area (TPSA) is 38.3 Å². The number of ether oxygens (including phenoxy) is 1. The van der Waals surface area contributed by atoms with Gasteiger partial charge in [-0.05, 0) is 80.8 Å². The van der Waals surface area contributed by atoms with Crippen molar-refractivity contribution in [2.75, 3.05) is 0 Å². The molecule has 2 fully saturated rings. The average Bonchev–Trinajstić information content (AvgIpc) is 3.11. The third-order valence-corrected chi connectivity index (χ3v) is 8.03. The van der Waals surface area contributed by atoms with Crippen molar-refractivity contribution in [3.8, 4) is 0 Å². The maximum Gasteiger partial charge on any atom is 0.324 e. The summed E-state index contributed by atoms with van der Waals surface area (Å²) in [6.07, 6.45) is 6.80. The van der Waals surface area contributed by atoms with Gasteiger partial charge in [0.1, 0.15) is 17.5 Å². The Morgan fingerprint density at radius 1 is 1.06 bits per heavy atom. The van der Waals surface area contributed by atoms with Gasteiger partial charge in [0.2, 0.25) is 0 Å². The first-order chi connectivity index (χ1) is 16.5. The fraction of sp³-hybridized carbons (Fsp3) is 0.552. The average molecular weight is 521 g/mol. The lowest BCUT2D eigenvalue weighted by atomic mass is 9.68. The molecule has 0 aromatic heterocycles. The van der Waals surface area contributed by atoms with E-state index in [1.165, 1.54) is 25.3 Å². The summed E-state index contributed by atoms with van der Waals surface area (Å²) in [5.74, 6) is -1.28. The molecule has 6 heteroatoms. The van der Waals surface area contributed by atoms with Crippen LogP contribution in [0.25, 0.3) is 0 Å². The van der Waals surface area contributed by atoms with Crippen molar-refractivity contribution in [1.82, 2.24) is 5.32 Å². The summed E-state index contributed by atoms with van der Waals surface area (Å²) in [4.78, 5) is 13.5. The molecule has 1 saturated carbocycles. The second kappa shape index (κ2) is 10.4. The zero-order chi connectivity index (χ0) is 25.4. The molecule has 1 aliphatic heterocycles. The Morgan fingerprint density at radius 2 is 1.74 bits per heavy atom. The zero-order valence-electron chi connectivity index (χ0n) is 21.0. The number of hydrogen-bond donors (Lipinski definition) is 1. The largest absolute Gasteiger partial charge is 0.459 e. The lowest BCUT2D eigenvalue weighted by Gasteiger charge is -2.38. The van der Waals surface area contributed by atoms with Crippen LogP contribution in [-0.2, 0) is 9.53 Å². The Labute approximate surface area is 218 Å².